The van der Waals surface area contributed by atoms with E-state index >= 15 is 0 Å². The van der Waals surface area contributed by atoms with Crippen LogP contribution < -0.4 is 5.32 Å². The van der Waals surface area contributed by atoms with Crippen LogP contribution in [0.2, 0.25) is 0 Å². The van der Waals surface area contributed by atoms with Gasteiger partial charge in [-0.3, -0.25) is 9.48 Å². The van der Waals surface area contributed by atoms with E-state index in [9.17, 15) is 4.79 Å². The normalized spacial score (nSPS) is 12.4. The summed E-state index contributed by atoms with van der Waals surface area (Å²) in [6, 6.07) is 3.80. The molecule has 0 aromatic carbocycles. The van der Waals surface area contributed by atoms with Crippen molar-refractivity contribution in [1.82, 2.24) is 15.1 Å². The molecule has 2 aromatic heterocycles. The van der Waals surface area contributed by atoms with E-state index in [2.05, 4.69) is 10.4 Å². The largest absolute Gasteiger partial charge is 0.343 e. The number of thiophene rings is 1. The summed E-state index contributed by atoms with van der Waals surface area (Å²) in [7, 11) is 0. The fourth-order valence-corrected chi connectivity index (χ4v) is 2.75. The molecule has 0 unspecified atom stereocenters. The fraction of sp³-hybridized carbons (Fsp3) is 0.429. The third-order valence-electron chi connectivity index (χ3n) is 3.17. The van der Waals surface area contributed by atoms with Crippen molar-refractivity contribution in [3.63, 3.8) is 0 Å². The maximum Gasteiger partial charge on any atom is 0.261 e. The lowest BCUT2D eigenvalue weighted by molar-refractivity contribution is 0.0943. The Morgan fingerprint density at radius 1 is 1.53 bits per heavy atom. The van der Waals surface area contributed by atoms with E-state index in [0.29, 0.717) is 0 Å². The van der Waals surface area contributed by atoms with Crippen LogP contribution in [-0.4, -0.2) is 15.7 Å². The second-order valence-electron chi connectivity index (χ2n) is 4.64. The van der Waals surface area contributed by atoms with Crippen LogP contribution >= 0.6 is 11.3 Å². The van der Waals surface area contributed by atoms with Crippen LogP contribution in [0, 0.1) is 13.8 Å². The molecule has 0 aliphatic rings. The van der Waals surface area contributed by atoms with E-state index in [-0.39, 0.29) is 11.9 Å². The van der Waals surface area contributed by atoms with Gasteiger partial charge in [0.1, 0.15) is 0 Å². The van der Waals surface area contributed by atoms with E-state index in [4.69, 9.17) is 0 Å². The highest BCUT2D eigenvalue weighted by molar-refractivity contribution is 7.14. The first-order valence-corrected chi connectivity index (χ1v) is 7.24. The molecule has 2 rings (SSSR count). The highest BCUT2D eigenvalue weighted by Crippen LogP contribution is 2.21. The van der Waals surface area contributed by atoms with Gasteiger partial charge in [0.2, 0.25) is 0 Å². The van der Waals surface area contributed by atoms with Gasteiger partial charge in [-0.25, -0.2) is 0 Å². The standard InChI is InChI=1S/C14H19N3OS/c1-5-17-7-6-12(16-17)10(3)15-14(18)13-8-9(2)11(4)19-13/h6-8,10H,5H2,1-4H3,(H,15,18)/t10-/m0/s1. The van der Waals surface area contributed by atoms with E-state index in [1.165, 1.54) is 16.2 Å². The van der Waals surface area contributed by atoms with Gasteiger partial charge in [0.25, 0.3) is 5.91 Å². The molecule has 4 nitrogen and oxygen atoms in total. The third-order valence-corrected chi connectivity index (χ3v) is 4.32. The fourth-order valence-electron chi connectivity index (χ4n) is 1.81. The predicted octanol–water partition coefficient (Wildman–Crippen LogP) is 3.07. The zero-order valence-electron chi connectivity index (χ0n) is 11.7. The third kappa shape index (κ3) is 3.04. The Labute approximate surface area is 117 Å². The summed E-state index contributed by atoms with van der Waals surface area (Å²) in [5.41, 5.74) is 2.05. The summed E-state index contributed by atoms with van der Waals surface area (Å²) < 4.78 is 1.86. The number of nitrogens with zero attached hydrogens (tertiary/aromatic N) is 2. The number of rotatable bonds is 4. The number of aryl methyl sites for hydroxylation is 3. The number of hydrogen-bond acceptors (Lipinski definition) is 3. The van der Waals surface area contributed by atoms with Crippen molar-refractivity contribution in [3.8, 4) is 0 Å². The van der Waals surface area contributed by atoms with Crippen molar-refractivity contribution in [2.24, 2.45) is 0 Å². The molecule has 0 saturated heterocycles. The van der Waals surface area contributed by atoms with Gasteiger partial charge in [-0.05, 0) is 45.4 Å². The Morgan fingerprint density at radius 3 is 2.79 bits per heavy atom. The average Bonchev–Trinajstić information content (AvgIpc) is 2.97. The zero-order valence-corrected chi connectivity index (χ0v) is 12.5. The number of aromatic nitrogens is 2. The van der Waals surface area contributed by atoms with Crippen LogP contribution in [0.1, 0.15) is 45.7 Å². The molecule has 0 fully saturated rings. The van der Waals surface area contributed by atoms with Crippen molar-refractivity contribution in [2.75, 3.05) is 0 Å². The second-order valence-corrected chi connectivity index (χ2v) is 5.90. The van der Waals surface area contributed by atoms with Crippen LogP contribution in [0.3, 0.4) is 0 Å². The van der Waals surface area contributed by atoms with Crippen LogP contribution in [0.5, 0.6) is 0 Å². The van der Waals surface area contributed by atoms with Crippen LogP contribution in [-0.2, 0) is 6.54 Å². The van der Waals surface area contributed by atoms with Gasteiger partial charge in [0, 0.05) is 17.6 Å². The van der Waals surface area contributed by atoms with Gasteiger partial charge in [-0.1, -0.05) is 0 Å². The Bertz CT molecular complexity index is 566. The molecule has 0 radical (unpaired) electrons. The quantitative estimate of drug-likeness (QED) is 0.933. The number of carbonyl (C=O) groups excluding carboxylic acids is 1. The van der Waals surface area contributed by atoms with Gasteiger partial charge in [0.15, 0.2) is 0 Å². The lowest BCUT2D eigenvalue weighted by Gasteiger charge is -2.10. The van der Waals surface area contributed by atoms with Gasteiger partial charge < -0.3 is 5.32 Å². The Kier molecular flexibility index (Phi) is 4.04. The Hall–Kier alpha value is -1.62. The van der Waals surface area contributed by atoms with Gasteiger partial charge in [0.05, 0.1) is 16.6 Å². The van der Waals surface area contributed by atoms with E-state index < -0.39 is 0 Å². The first-order chi connectivity index (χ1) is 9.01. The molecule has 2 aromatic rings. The molecule has 0 saturated carbocycles. The summed E-state index contributed by atoms with van der Waals surface area (Å²) in [6.07, 6.45) is 1.93. The smallest absolute Gasteiger partial charge is 0.261 e. The van der Waals surface area contributed by atoms with E-state index in [1.54, 1.807) is 0 Å². The number of amides is 1. The van der Waals surface area contributed by atoms with Crippen molar-refractivity contribution in [3.05, 3.63) is 39.3 Å². The summed E-state index contributed by atoms with van der Waals surface area (Å²) in [5.74, 6) is -0.0280. The van der Waals surface area contributed by atoms with Gasteiger partial charge in [-0.15, -0.1) is 11.3 Å². The van der Waals surface area contributed by atoms with Gasteiger partial charge >= 0.3 is 0 Å². The van der Waals surface area contributed by atoms with Crippen molar-refractivity contribution in [2.45, 2.75) is 40.3 Å². The average molecular weight is 277 g/mol. The molecule has 5 heteroatoms. The lowest BCUT2D eigenvalue weighted by atomic mass is 10.2. The molecule has 0 aliphatic heterocycles. The van der Waals surface area contributed by atoms with Crippen LogP contribution in [0.15, 0.2) is 18.3 Å². The maximum absolute atomic E-state index is 12.1. The highest BCUT2D eigenvalue weighted by atomic mass is 32.1. The summed E-state index contributed by atoms with van der Waals surface area (Å²) >= 11 is 1.53. The summed E-state index contributed by atoms with van der Waals surface area (Å²) in [5, 5.41) is 7.39. The van der Waals surface area contributed by atoms with Crippen molar-refractivity contribution in [1.29, 1.82) is 0 Å². The maximum atomic E-state index is 12.1. The van der Waals surface area contributed by atoms with Gasteiger partial charge in [-0.2, -0.15) is 5.10 Å². The Morgan fingerprint density at radius 2 is 2.26 bits per heavy atom. The minimum Gasteiger partial charge on any atom is -0.343 e. The Balaban J connectivity index is 2.06. The minimum absolute atomic E-state index is 0.0280. The molecule has 2 heterocycles. The molecule has 0 aliphatic carbocycles. The number of carbonyl (C=O) groups is 1. The van der Waals surface area contributed by atoms with E-state index in [1.807, 2.05) is 50.7 Å². The molecule has 102 valence electrons. The van der Waals surface area contributed by atoms with Crippen LogP contribution in [0.25, 0.3) is 0 Å². The molecule has 1 amide bonds. The SMILES string of the molecule is CCn1ccc([C@H](C)NC(=O)c2cc(C)c(C)s2)n1. The first kappa shape index (κ1) is 13.8. The first-order valence-electron chi connectivity index (χ1n) is 6.42. The van der Waals surface area contributed by atoms with Crippen molar-refractivity contribution < 1.29 is 4.79 Å². The summed E-state index contributed by atoms with van der Waals surface area (Å²) in [4.78, 5) is 14.1. The number of nitrogens with one attached hydrogen (secondary N) is 1. The topological polar surface area (TPSA) is 46.9 Å². The lowest BCUT2D eigenvalue weighted by Crippen LogP contribution is -2.26. The van der Waals surface area contributed by atoms with Crippen molar-refractivity contribution >= 4 is 17.2 Å². The molecule has 19 heavy (non-hydrogen) atoms. The molecule has 0 bridgehead atoms. The second kappa shape index (κ2) is 5.57. The molecule has 0 spiro atoms. The minimum atomic E-state index is -0.0805. The molecular weight excluding hydrogens is 258 g/mol. The highest BCUT2D eigenvalue weighted by Gasteiger charge is 2.15. The zero-order chi connectivity index (χ0) is 14.0. The van der Waals surface area contributed by atoms with E-state index in [0.717, 1.165) is 22.7 Å². The molecule has 1 N–H and O–H groups in total. The molecule has 1 atom stereocenters. The molecular formula is C14H19N3OS. The monoisotopic (exact) mass is 277 g/mol. The predicted molar refractivity (Wildman–Crippen MR) is 77.6 cm³/mol. The van der Waals surface area contributed by atoms with Crippen LogP contribution in [0.4, 0.5) is 0 Å². The number of hydrogen-bond donors (Lipinski definition) is 1. The summed E-state index contributed by atoms with van der Waals surface area (Å²) in [6.45, 7) is 8.88.